The monoisotopic (exact) mass is 356 g/mol. The lowest BCUT2D eigenvalue weighted by atomic mass is 9.88. The Balaban J connectivity index is 1.72. The van der Waals surface area contributed by atoms with Crippen LogP contribution >= 0.6 is 0 Å². The highest BCUT2D eigenvalue weighted by Crippen LogP contribution is 2.33. The number of aromatic nitrogens is 2. The van der Waals surface area contributed by atoms with E-state index >= 15 is 4.39 Å². The third kappa shape index (κ3) is 2.74. The molecule has 0 unspecified atom stereocenters. The number of halogens is 2. The molecule has 0 bridgehead atoms. The molecule has 1 aliphatic rings. The number of piperidine rings is 1. The molecule has 7 heteroatoms. The summed E-state index contributed by atoms with van der Waals surface area (Å²) >= 11 is 0. The first-order chi connectivity index (χ1) is 12.5. The van der Waals surface area contributed by atoms with Crippen molar-refractivity contribution in [3.8, 4) is 5.69 Å². The molecule has 4 rings (SSSR count). The van der Waals surface area contributed by atoms with Crippen molar-refractivity contribution in [3.05, 3.63) is 59.5 Å². The van der Waals surface area contributed by atoms with E-state index in [2.05, 4.69) is 10.4 Å². The van der Waals surface area contributed by atoms with Crippen molar-refractivity contribution in [2.75, 3.05) is 13.1 Å². The molecule has 1 amide bonds. The van der Waals surface area contributed by atoms with Crippen molar-refractivity contribution in [2.45, 2.75) is 18.5 Å². The second-order valence-electron chi connectivity index (χ2n) is 6.59. The number of hydrogen-bond acceptors (Lipinski definition) is 3. The Kier molecular flexibility index (Phi) is 3.96. The summed E-state index contributed by atoms with van der Waals surface area (Å²) in [5.41, 5.74) is 5.19. The molecule has 1 fully saturated rings. The normalized spacial score (nSPS) is 20.4. The Morgan fingerprint density at radius 3 is 2.65 bits per heavy atom. The Labute approximate surface area is 148 Å². The summed E-state index contributed by atoms with van der Waals surface area (Å²) in [5, 5.41) is 7.98. The van der Waals surface area contributed by atoms with Crippen molar-refractivity contribution in [1.29, 1.82) is 0 Å². The third-order valence-corrected chi connectivity index (χ3v) is 4.85. The molecule has 1 atom stereocenters. The SMILES string of the molecule is NC(=O)c1c(F)ccc2cn(-c3ccc([C@]4(F)CCCNC4)cc3)nc12. The summed E-state index contributed by atoms with van der Waals surface area (Å²) in [5.74, 6) is -1.56. The average molecular weight is 356 g/mol. The van der Waals surface area contributed by atoms with Crippen LogP contribution in [0.4, 0.5) is 8.78 Å². The number of amides is 1. The molecule has 1 saturated heterocycles. The fourth-order valence-corrected chi connectivity index (χ4v) is 3.46. The summed E-state index contributed by atoms with van der Waals surface area (Å²) in [7, 11) is 0. The summed E-state index contributed by atoms with van der Waals surface area (Å²) < 4.78 is 30.4. The van der Waals surface area contributed by atoms with Gasteiger partial charge in [-0.25, -0.2) is 13.5 Å². The van der Waals surface area contributed by atoms with Crippen LogP contribution < -0.4 is 11.1 Å². The Morgan fingerprint density at radius 1 is 1.23 bits per heavy atom. The topological polar surface area (TPSA) is 72.9 Å². The molecule has 2 aromatic carbocycles. The zero-order valence-electron chi connectivity index (χ0n) is 14.0. The first kappa shape index (κ1) is 16.7. The van der Waals surface area contributed by atoms with Crippen LogP contribution in [0.5, 0.6) is 0 Å². The molecule has 1 aromatic heterocycles. The van der Waals surface area contributed by atoms with Crippen LogP contribution in [0.2, 0.25) is 0 Å². The van der Waals surface area contributed by atoms with E-state index in [1.54, 1.807) is 36.5 Å². The van der Waals surface area contributed by atoms with Gasteiger partial charge in [-0.15, -0.1) is 0 Å². The molecule has 1 aliphatic heterocycles. The number of nitrogens with two attached hydrogens (primary N) is 1. The van der Waals surface area contributed by atoms with Crippen LogP contribution in [-0.2, 0) is 5.67 Å². The van der Waals surface area contributed by atoms with E-state index in [4.69, 9.17) is 5.73 Å². The van der Waals surface area contributed by atoms with Gasteiger partial charge in [-0.1, -0.05) is 12.1 Å². The standard InChI is InChI=1S/C19H18F2N4O/c20-15-7-2-12-10-25(24-17(12)16(15)18(22)26)14-5-3-13(4-6-14)19(21)8-1-9-23-11-19/h2-7,10,23H,1,8-9,11H2,(H2,22,26)/t19-/m0/s1. The first-order valence-electron chi connectivity index (χ1n) is 8.46. The zero-order valence-corrected chi connectivity index (χ0v) is 14.0. The van der Waals surface area contributed by atoms with Crippen molar-refractivity contribution >= 4 is 16.8 Å². The van der Waals surface area contributed by atoms with E-state index in [1.807, 2.05) is 0 Å². The predicted octanol–water partition coefficient (Wildman–Crippen LogP) is 2.81. The largest absolute Gasteiger partial charge is 0.365 e. The molecule has 134 valence electrons. The number of carbonyl (C=O) groups is 1. The van der Waals surface area contributed by atoms with Crippen LogP contribution in [0, 0.1) is 5.82 Å². The summed E-state index contributed by atoms with van der Waals surface area (Å²) in [6.07, 6.45) is 2.97. The van der Waals surface area contributed by atoms with Gasteiger partial charge in [0.15, 0.2) is 0 Å². The van der Waals surface area contributed by atoms with Gasteiger partial charge >= 0.3 is 0 Å². The third-order valence-electron chi connectivity index (χ3n) is 4.85. The average Bonchev–Trinajstić information content (AvgIpc) is 3.06. The van der Waals surface area contributed by atoms with Gasteiger partial charge in [0, 0.05) is 18.1 Å². The molecule has 2 heterocycles. The van der Waals surface area contributed by atoms with Crippen LogP contribution in [0.1, 0.15) is 28.8 Å². The van der Waals surface area contributed by atoms with Crippen LogP contribution in [0.25, 0.3) is 16.6 Å². The number of benzene rings is 2. The quantitative estimate of drug-likeness (QED) is 0.758. The molecule has 26 heavy (non-hydrogen) atoms. The Bertz CT molecular complexity index is 975. The van der Waals surface area contributed by atoms with E-state index in [1.165, 1.54) is 10.7 Å². The summed E-state index contributed by atoms with van der Waals surface area (Å²) in [4.78, 5) is 11.5. The molecule has 3 aromatic rings. The fraction of sp³-hybridized carbons (Fsp3) is 0.263. The van der Waals surface area contributed by atoms with E-state index in [-0.39, 0.29) is 11.1 Å². The first-order valence-corrected chi connectivity index (χ1v) is 8.46. The van der Waals surface area contributed by atoms with Crippen molar-refractivity contribution in [3.63, 3.8) is 0 Å². The fourth-order valence-electron chi connectivity index (χ4n) is 3.46. The summed E-state index contributed by atoms with van der Waals surface area (Å²) in [6.45, 7) is 1.14. The van der Waals surface area contributed by atoms with Crippen LogP contribution in [0.15, 0.2) is 42.6 Å². The second kappa shape index (κ2) is 6.17. The van der Waals surface area contributed by atoms with Crippen molar-refractivity contribution in [1.82, 2.24) is 15.1 Å². The van der Waals surface area contributed by atoms with E-state index < -0.39 is 17.4 Å². The van der Waals surface area contributed by atoms with Gasteiger partial charge in [-0.3, -0.25) is 4.79 Å². The van der Waals surface area contributed by atoms with Gasteiger partial charge in [-0.05, 0) is 49.2 Å². The molecule has 3 N–H and O–H groups in total. The van der Waals surface area contributed by atoms with Gasteiger partial charge in [-0.2, -0.15) is 5.10 Å². The number of hydrogen-bond donors (Lipinski definition) is 2. The van der Waals surface area contributed by atoms with Gasteiger partial charge in [0.05, 0.1) is 5.69 Å². The minimum Gasteiger partial charge on any atom is -0.365 e. The zero-order chi connectivity index (χ0) is 18.3. The molecule has 5 nitrogen and oxygen atoms in total. The van der Waals surface area contributed by atoms with Crippen molar-refractivity contribution < 1.29 is 13.6 Å². The lowest BCUT2D eigenvalue weighted by molar-refractivity contribution is 0.0998. The smallest absolute Gasteiger partial charge is 0.253 e. The molecule has 0 saturated carbocycles. The molecular formula is C19H18F2N4O. The minimum atomic E-state index is -1.37. The highest BCUT2D eigenvalue weighted by atomic mass is 19.1. The Morgan fingerprint density at radius 2 is 2.00 bits per heavy atom. The minimum absolute atomic E-state index is 0.208. The van der Waals surface area contributed by atoms with E-state index in [0.717, 1.165) is 13.0 Å². The van der Waals surface area contributed by atoms with Crippen LogP contribution in [-0.4, -0.2) is 28.8 Å². The van der Waals surface area contributed by atoms with Crippen LogP contribution in [0.3, 0.4) is 0 Å². The summed E-state index contributed by atoms with van der Waals surface area (Å²) in [6, 6.07) is 9.74. The number of carbonyl (C=O) groups excluding carboxylic acids is 1. The maximum atomic E-state index is 15.0. The number of rotatable bonds is 3. The number of nitrogens with zero attached hydrogens (tertiary/aromatic N) is 2. The van der Waals surface area contributed by atoms with Crippen molar-refractivity contribution in [2.24, 2.45) is 5.73 Å². The maximum Gasteiger partial charge on any atom is 0.253 e. The van der Waals surface area contributed by atoms with Gasteiger partial charge in [0.25, 0.3) is 5.91 Å². The van der Waals surface area contributed by atoms with Gasteiger partial charge in [0.1, 0.15) is 22.6 Å². The highest BCUT2D eigenvalue weighted by Gasteiger charge is 2.33. The molecular weight excluding hydrogens is 338 g/mol. The maximum absolute atomic E-state index is 15.0. The molecule has 0 spiro atoms. The lowest BCUT2D eigenvalue weighted by Gasteiger charge is -2.30. The molecule has 0 radical (unpaired) electrons. The Hall–Kier alpha value is -2.80. The predicted molar refractivity (Wildman–Crippen MR) is 94.4 cm³/mol. The van der Waals surface area contributed by atoms with Gasteiger partial charge in [0.2, 0.25) is 0 Å². The second-order valence-corrected chi connectivity index (χ2v) is 6.59. The van der Waals surface area contributed by atoms with E-state index in [0.29, 0.717) is 29.6 Å². The number of fused-ring (bicyclic) bond motifs is 1. The molecule has 0 aliphatic carbocycles. The highest BCUT2D eigenvalue weighted by molar-refractivity contribution is 6.04. The number of nitrogens with one attached hydrogen (secondary N) is 1. The van der Waals surface area contributed by atoms with Gasteiger partial charge < -0.3 is 11.1 Å². The lowest BCUT2D eigenvalue weighted by Crippen LogP contribution is -2.40. The van der Waals surface area contributed by atoms with E-state index in [9.17, 15) is 9.18 Å². The number of primary amides is 1. The number of alkyl halides is 1.